The lowest BCUT2D eigenvalue weighted by Gasteiger charge is -2.15. The number of imidazole rings is 1. The quantitative estimate of drug-likeness (QED) is 0.721. The Labute approximate surface area is 150 Å². The van der Waals surface area contributed by atoms with Crippen LogP contribution in [0.15, 0.2) is 24.7 Å². The Hall–Kier alpha value is -2.41. The summed E-state index contributed by atoms with van der Waals surface area (Å²) >= 11 is 6.17. The van der Waals surface area contributed by atoms with Gasteiger partial charge in [0.05, 0.1) is 22.3 Å². The number of rotatable bonds is 3. The van der Waals surface area contributed by atoms with Crippen LogP contribution in [0.5, 0.6) is 0 Å². The van der Waals surface area contributed by atoms with Crippen molar-refractivity contribution in [2.24, 2.45) is 7.05 Å². The van der Waals surface area contributed by atoms with Gasteiger partial charge in [-0.15, -0.1) is 0 Å². The highest BCUT2D eigenvalue weighted by atomic mass is 35.5. The number of aryl methyl sites for hydroxylation is 2. The zero-order valence-corrected chi connectivity index (χ0v) is 14.9. The molecule has 1 aliphatic rings. The number of fused-ring (bicyclic) bond motifs is 1. The first-order valence-electron chi connectivity index (χ1n) is 8.37. The van der Waals surface area contributed by atoms with Crippen molar-refractivity contribution in [3.05, 3.63) is 41.2 Å². The first-order valence-corrected chi connectivity index (χ1v) is 8.74. The number of pyridine rings is 1. The maximum absolute atomic E-state index is 12.8. The second kappa shape index (κ2) is 6.15. The van der Waals surface area contributed by atoms with Gasteiger partial charge in [0, 0.05) is 45.0 Å². The monoisotopic (exact) mass is 358 g/mol. The van der Waals surface area contributed by atoms with E-state index in [-0.39, 0.29) is 11.8 Å². The number of hydrogen-bond donors (Lipinski definition) is 0. The zero-order valence-electron chi connectivity index (χ0n) is 14.2. The Morgan fingerprint density at radius 2 is 2.28 bits per heavy atom. The first-order chi connectivity index (χ1) is 12.1. The molecule has 1 unspecified atom stereocenters. The van der Waals surface area contributed by atoms with Crippen molar-refractivity contribution in [1.29, 1.82) is 0 Å². The Bertz CT molecular complexity index is 946. The van der Waals surface area contributed by atoms with E-state index in [1.165, 1.54) is 0 Å². The summed E-state index contributed by atoms with van der Waals surface area (Å²) in [5.41, 5.74) is 2.27. The number of nitrogens with zero attached hydrogens (tertiary/aromatic N) is 6. The summed E-state index contributed by atoms with van der Waals surface area (Å²) in [7, 11) is 2.00. The van der Waals surface area contributed by atoms with E-state index in [2.05, 4.69) is 14.6 Å². The number of aromatic nitrogens is 5. The van der Waals surface area contributed by atoms with Gasteiger partial charge in [0.15, 0.2) is 5.69 Å². The molecule has 1 fully saturated rings. The van der Waals surface area contributed by atoms with Gasteiger partial charge >= 0.3 is 0 Å². The van der Waals surface area contributed by atoms with Crippen molar-refractivity contribution < 1.29 is 4.79 Å². The molecule has 7 nitrogen and oxygen atoms in total. The van der Waals surface area contributed by atoms with Crippen LogP contribution >= 0.6 is 11.6 Å². The third kappa shape index (κ3) is 2.68. The van der Waals surface area contributed by atoms with E-state index in [1.807, 2.05) is 31.1 Å². The standard InChI is InChI=1S/C17H19ClN6O/c1-3-24-10-12(18)15(21-24)17(25)23-7-5-11(9-23)16-20-13-4-6-19-8-14(13)22(16)2/h4,6,8,10-11H,3,5,7,9H2,1-2H3. The molecular formula is C17H19ClN6O. The average molecular weight is 359 g/mol. The van der Waals surface area contributed by atoms with Gasteiger partial charge in [0.25, 0.3) is 5.91 Å². The lowest BCUT2D eigenvalue weighted by molar-refractivity contribution is 0.0784. The molecule has 3 aromatic heterocycles. The summed E-state index contributed by atoms with van der Waals surface area (Å²) in [5, 5.41) is 4.69. The summed E-state index contributed by atoms with van der Waals surface area (Å²) < 4.78 is 3.75. The second-order valence-corrected chi connectivity index (χ2v) is 6.72. The normalized spacial score (nSPS) is 17.6. The highest BCUT2D eigenvalue weighted by molar-refractivity contribution is 6.33. The van der Waals surface area contributed by atoms with Gasteiger partial charge in [0.1, 0.15) is 5.82 Å². The number of hydrogen-bond acceptors (Lipinski definition) is 4. The third-order valence-corrected chi connectivity index (χ3v) is 5.08. The van der Waals surface area contributed by atoms with Gasteiger partial charge in [-0.1, -0.05) is 11.6 Å². The lowest BCUT2D eigenvalue weighted by atomic mass is 10.1. The maximum atomic E-state index is 12.8. The molecule has 1 saturated heterocycles. The minimum absolute atomic E-state index is 0.111. The number of carbonyl (C=O) groups is 1. The van der Waals surface area contributed by atoms with E-state index >= 15 is 0 Å². The van der Waals surface area contributed by atoms with E-state index in [0.29, 0.717) is 30.4 Å². The van der Waals surface area contributed by atoms with Gasteiger partial charge in [-0.05, 0) is 19.4 Å². The van der Waals surface area contributed by atoms with E-state index in [9.17, 15) is 4.79 Å². The molecule has 0 spiro atoms. The summed E-state index contributed by atoms with van der Waals surface area (Å²) in [6.45, 7) is 3.95. The molecule has 1 amide bonds. The van der Waals surface area contributed by atoms with Crippen molar-refractivity contribution in [2.45, 2.75) is 25.8 Å². The lowest BCUT2D eigenvalue weighted by Crippen LogP contribution is -2.29. The Morgan fingerprint density at radius 3 is 3.00 bits per heavy atom. The first kappa shape index (κ1) is 16.1. The zero-order chi connectivity index (χ0) is 17.6. The molecule has 25 heavy (non-hydrogen) atoms. The van der Waals surface area contributed by atoms with Crippen molar-refractivity contribution in [3.8, 4) is 0 Å². The fraction of sp³-hybridized carbons (Fsp3) is 0.412. The Balaban J connectivity index is 1.57. The number of carbonyl (C=O) groups excluding carboxylic acids is 1. The van der Waals surface area contributed by atoms with Crippen LogP contribution in [0.1, 0.15) is 35.6 Å². The Kier molecular flexibility index (Phi) is 3.95. The van der Waals surface area contributed by atoms with Crippen LogP contribution in [0.2, 0.25) is 5.02 Å². The van der Waals surface area contributed by atoms with Gasteiger partial charge in [0.2, 0.25) is 0 Å². The van der Waals surface area contributed by atoms with E-state index < -0.39 is 0 Å². The molecule has 130 valence electrons. The van der Waals surface area contributed by atoms with Crippen molar-refractivity contribution in [3.63, 3.8) is 0 Å². The highest BCUT2D eigenvalue weighted by Gasteiger charge is 2.32. The van der Waals surface area contributed by atoms with Crippen LogP contribution in [0.25, 0.3) is 11.0 Å². The minimum atomic E-state index is -0.111. The number of likely N-dealkylation sites (tertiary alicyclic amines) is 1. The molecule has 0 saturated carbocycles. The summed E-state index contributed by atoms with van der Waals surface area (Å²) in [6.07, 6.45) is 6.14. The molecule has 0 radical (unpaired) electrons. The molecule has 1 aliphatic heterocycles. The highest BCUT2D eigenvalue weighted by Crippen LogP contribution is 2.30. The molecule has 0 bridgehead atoms. The van der Waals surface area contributed by atoms with Crippen molar-refractivity contribution in [1.82, 2.24) is 29.2 Å². The molecule has 4 heterocycles. The van der Waals surface area contributed by atoms with Crippen LogP contribution in [-0.2, 0) is 13.6 Å². The van der Waals surface area contributed by atoms with Gasteiger partial charge in [-0.3, -0.25) is 14.5 Å². The van der Waals surface area contributed by atoms with Crippen molar-refractivity contribution >= 4 is 28.5 Å². The Morgan fingerprint density at radius 1 is 1.44 bits per heavy atom. The van der Waals surface area contributed by atoms with Crippen LogP contribution in [0.4, 0.5) is 0 Å². The van der Waals surface area contributed by atoms with Crippen LogP contribution in [-0.4, -0.2) is 48.2 Å². The molecule has 0 aliphatic carbocycles. The summed E-state index contributed by atoms with van der Waals surface area (Å²) in [6, 6.07) is 1.91. The fourth-order valence-corrected chi connectivity index (χ4v) is 3.66. The van der Waals surface area contributed by atoms with E-state index in [0.717, 1.165) is 23.3 Å². The second-order valence-electron chi connectivity index (χ2n) is 6.31. The topological polar surface area (TPSA) is 68.8 Å². The average Bonchev–Trinajstić information content (AvgIpc) is 3.32. The number of halogens is 1. The molecule has 0 aromatic carbocycles. The predicted octanol–water partition coefficient (Wildman–Crippen LogP) is 2.47. The summed E-state index contributed by atoms with van der Waals surface area (Å²) in [4.78, 5) is 23.5. The van der Waals surface area contributed by atoms with Gasteiger partial charge in [-0.25, -0.2) is 4.98 Å². The minimum Gasteiger partial charge on any atom is -0.336 e. The summed E-state index contributed by atoms with van der Waals surface area (Å²) in [5.74, 6) is 1.08. The smallest absolute Gasteiger partial charge is 0.275 e. The molecule has 4 rings (SSSR count). The maximum Gasteiger partial charge on any atom is 0.275 e. The van der Waals surface area contributed by atoms with E-state index in [4.69, 9.17) is 16.6 Å². The SMILES string of the molecule is CCn1cc(Cl)c(C(=O)N2CCC(c3nc4ccncc4n3C)C2)n1. The van der Waals surface area contributed by atoms with Crippen molar-refractivity contribution in [2.75, 3.05) is 13.1 Å². The van der Waals surface area contributed by atoms with Crippen LogP contribution in [0.3, 0.4) is 0 Å². The van der Waals surface area contributed by atoms with E-state index in [1.54, 1.807) is 17.1 Å². The molecule has 3 aromatic rings. The predicted molar refractivity (Wildman–Crippen MR) is 94.7 cm³/mol. The van der Waals surface area contributed by atoms with Gasteiger partial charge in [-0.2, -0.15) is 5.10 Å². The number of amides is 1. The molecule has 1 atom stereocenters. The van der Waals surface area contributed by atoms with Crippen LogP contribution in [0, 0.1) is 0 Å². The molecule has 0 N–H and O–H groups in total. The van der Waals surface area contributed by atoms with Crippen LogP contribution < -0.4 is 0 Å². The van der Waals surface area contributed by atoms with Gasteiger partial charge < -0.3 is 9.47 Å². The largest absolute Gasteiger partial charge is 0.336 e. The third-order valence-electron chi connectivity index (χ3n) is 4.80. The molecular weight excluding hydrogens is 340 g/mol. The molecule has 8 heteroatoms. The fourth-order valence-electron chi connectivity index (χ4n) is 3.43.